The predicted octanol–water partition coefficient (Wildman–Crippen LogP) is 4.19. The van der Waals surface area contributed by atoms with Crippen LogP contribution >= 0.6 is 23.4 Å². The highest BCUT2D eigenvalue weighted by molar-refractivity contribution is 8.00. The van der Waals surface area contributed by atoms with Gasteiger partial charge in [-0.05, 0) is 55.3 Å². The third-order valence-corrected chi connectivity index (χ3v) is 4.42. The van der Waals surface area contributed by atoms with Crippen molar-refractivity contribution in [3.63, 3.8) is 0 Å². The molecule has 0 heterocycles. The Balaban J connectivity index is 1.67. The number of benzene rings is 2. The monoisotopic (exact) mass is 349 g/mol. The molecule has 2 aromatic rings. The zero-order valence-electron chi connectivity index (χ0n) is 13.0. The molecule has 122 valence electrons. The zero-order chi connectivity index (χ0) is 16.5. The van der Waals surface area contributed by atoms with Crippen LogP contribution in [0.25, 0.3) is 0 Å². The highest BCUT2D eigenvalue weighted by Crippen LogP contribution is 2.21. The second-order valence-electron chi connectivity index (χ2n) is 4.92. The molecule has 0 bridgehead atoms. The summed E-state index contributed by atoms with van der Waals surface area (Å²) >= 11 is 7.36. The number of amides is 1. The number of hydrogen-bond acceptors (Lipinski definition) is 3. The van der Waals surface area contributed by atoms with Crippen molar-refractivity contribution in [3.05, 3.63) is 59.1 Å². The van der Waals surface area contributed by atoms with E-state index < -0.39 is 0 Å². The van der Waals surface area contributed by atoms with E-state index in [1.807, 2.05) is 55.5 Å². The van der Waals surface area contributed by atoms with E-state index in [2.05, 4.69) is 5.32 Å². The average molecular weight is 350 g/mol. The fourth-order valence-electron chi connectivity index (χ4n) is 2.00. The minimum Gasteiger partial charge on any atom is -0.494 e. The van der Waals surface area contributed by atoms with Gasteiger partial charge in [-0.3, -0.25) is 4.79 Å². The van der Waals surface area contributed by atoms with Crippen LogP contribution in [-0.2, 0) is 11.2 Å². The third kappa shape index (κ3) is 6.55. The van der Waals surface area contributed by atoms with Crippen molar-refractivity contribution in [2.45, 2.75) is 18.2 Å². The van der Waals surface area contributed by atoms with Gasteiger partial charge in [-0.1, -0.05) is 23.7 Å². The number of ether oxygens (including phenoxy) is 1. The van der Waals surface area contributed by atoms with Crippen molar-refractivity contribution < 1.29 is 9.53 Å². The fourth-order valence-corrected chi connectivity index (χ4v) is 2.85. The molecule has 0 saturated carbocycles. The van der Waals surface area contributed by atoms with Gasteiger partial charge in [-0.15, -0.1) is 11.8 Å². The summed E-state index contributed by atoms with van der Waals surface area (Å²) in [4.78, 5) is 12.9. The zero-order valence-corrected chi connectivity index (χ0v) is 14.6. The lowest BCUT2D eigenvalue weighted by Gasteiger charge is -2.07. The smallest absolute Gasteiger partial charge is 0.230 e. The van der Waals surface area contributed by atoms with Crippen molar-refractivity contribution in [1.82, 2.24) is 5.32 Å². The first-order valence-electron chi connectivity index (χ1n) is 7.54. The van der Waals surface area contributed by atoms with E-state index in [1.54, 1.807) is 0 Å². The summed E-state index contributed by atoms with van der Waals surface area (Å²) in [5, 5.41) is 3.66. The van der Waals surface area contributed by atoms with Gasteiger partial charge in [0.05, 0.1) is 12.4 Å². The van der Waals surface area contributed by atoms with Gasteiger partial charge in [-0.25, -0.2) is 0 Å². The molecule has 0 unspecified atom stereocenters. The molecule has 0 aromatic heterocycles. The number of hydrogen-bond donors (Lipinski definition) is 1. The fraction of sp³-hybridized carbons (Fsp3) is 0.278. The van der Waals surface area contributed by atoms with E-state index in [-0.39, 0.29) is 5.91 Å². The van der Waals surface area contributed by atoms with Crippen LogP contribution in [0.3, 0.4) is 0 Å². The summed E-state index contributed by atoms with van der Waals surface area (Å²) in [7, 11) is 0. The lowest BCUT2D eigenvalue weighted by molar-refractivity contribution is -0.118. The Morgan fingerprint density at radius 1 is 1.13 bits per heavy atom. The maximum absolute atomic E-state index is 11.9. The summed E-state index contributed by atoms with van der Waals surface area (Å²) in [6.45, 7) is 3.24. The first-order chi connectivity index (χ1) is 11.2. The summed E-state index contributed by atoms with van der Waals surface area (Å²) in [5.74, 6) is 1.30. The van der Waals surface area contributed by atoms with Crippen LogP contribution in [0.4, 0.5) is 0 Å². The van der Waals surface area contributed by atoms with Gasteiger partial charge < -0.3 is 10.1 Å². The van der Waals surface area contributed by atoms with Gasteiger partial charge in [0.2, 0.25) is 5.91 Å². The molecule has 0 aliphatic carbocycles. The van der Waals surface area contributed by atoms with Crippen LogP contribution in [-0.4, -0.2) is 24.8 Å². The molecule has 0 aliphatic rings. The van der Waals surface area contributed by atoms with Crippen molar-refractivity contribution >= 4 is 29.3 Å². The lowest BCUT2D eigenvalue weighted by Crippen LogP contribution is -2.27. The third-order valence-electron chi connectivity index (χ3n) is 3.15. The van der Waals surface area contributed by atoms with Crippen LogP contribution < -0.4 is 10.1 Å². The van der Waals surface area contributed by atoms with Gasteiger partial charge >= 0.3 is 0 Å². The quantitative estimate of drug-likeness (QED) is 0.726. The summed E-state index contributed by atoms with van der Waals surface area (Å²) in [6.07, 6.45) is 0.802. The molecule has 2 rings (SSSR count). The second-order valence-corrected chi connectivity index (χ2v) is 6.40. The van der Waals surface area contributed by atoms with E-state index in [4.69, 9.17) is 16.3 Å². The molecular weight excluding hydrogens is 330 g/mol. The maximum Gasteiger partial charge on any atom is 0.230 e. The summed E-state index contributed by atoms with van der Waals surface area (Å²) < 4.78 is 5.39. The van der Waals surface area contributed by atoms with Crippen molar-refractivity contribution in [2.75, 3.05) is 18.9 Å². The number of thioether (sulfide) groups is 1. The maximum atomic E-state index is 11.9. The molecule has 0 spiro atoms. The highest BCUT2D eigenvalue weighted by atomic mass is 35.5. The molecule has 0 aliphatic heterocycles. The van der Waals surface area contributed by atoms with E-state index in [0.717, 1.165) is 27.7 Å². The van der Waals surface area contributed by atoms with Crippen LogP contribution in [0.1, 0.15) is 12.5 Å². The lowest BCUT2D eigenvalue weighted by atomic mass is 10.1. The molecule has 2 aromatic carbocycles. The Morgan fingerprint density at radius 3 is 2.48 bits per heavy atom. The van der Waals surface area contributed by atoms with Crippen molar-refractivity contribution in [2.24, 2.45) is 0 Å². The van der Waals surface area contributed by atoms with Crippen LogP contribution in [0.5, 0.6) is 5.75 Å². The molecule has 1 N–H and O–H groups in total. The highest BCUT2D eigenvalue weighted by Gasteiger charge is 2.03. The minimum atomic E-state index is 0.0397. The Bertz CT molecular complexity index is 614. The minimum absolute atomic E-state index is 0.0397. The van der Waals surface area contributed by atoms with E-state index >= 15 is 0 Å². The standard InChI is InChI=1S/C18H20ClNO2S/c1-2-22-16-7-9-17(10-8-16)23-13-18(21)20-12-11-14-3-5-15(19)6-4-14/h3-10H,2,11-13H2,1H3,(H,20,21). The number of carbonyl (C=O) groups is 1. The predicted molar refractivity (Wildman–Crippen MR) is 96.5 cm³/mol. The molecule has 1 amide bonds. The van der Waals surface area contributed by atoms with E-state index in [0.29, 0.717) is 18.9 Å². The van der Waals surface area contributed by atoms with Crippen LogP contribution in [0, 0.1) is 0 Å². The Hall–Kier alpha value is -1.65. The molecule has 23 heavy (non-hydrogen) atoms. The van der Waals surface area contributed by atoms with Gasteiger partial charge in [0, 0.05) is 16.5 Å². The van der Waals surface area contributed by atoms with Crippen molar-refractivity contribution in [3.8, 4) is 5.75 Å². The Labute approximate surface area is 146 Å². The van der Waals surface area contributed by atoms with E-state index in [9.17, 15) is 4.79 Å². The molecule has 0 atom stereocenters. The van der Waals surface area contributed by atoms with Crippen molar-refractivity contribution in [1.29, 1.82) is 0 Å². The number of halogens is 1. The number of nitrogens with one attached hydrogen (secondary N) is 1. The van der Waals surface area contributed by atoms with E-state index in [1.165, 1.54) is 11.8 Å². The molecule has 0 fully saturated rings. The summed E-state index contributed by atoms with van der Waals surface area (Å²) in [6, 6.07) is 15.5. The Kier molecular flexibility index (Phi) is 7.30. The first-order valence-corrected chi connectivity index (χ1v) is 8.90. The number of carbonyl (C=O) groups excluding carboxylic acids is 1. The summed E-state index contributed by atoms with van der Waals surface area (Å²) in [5.41, 5.74) is 1.16. The normalized spacial score (nSPS) is 10.3. The first kappa shape index (κ1) is 17.7. The molecule has 5 heteroatoms. The molecule has 0 radical (unpaired) electrons. The van der Waals surface area contributed by atoms with Crippen LogP contribution in [0.2, 0.25) is 5.02 Å². The Morgan fingerprint density at radius 2 is 1.83 bits per heavy atom. The topological polar surface area (TPSA) is 38.3 Å². The van der Waals surface area contributed by atoms with Gasteiger partial charge in [0.15, 0.2) is 0 Å². The van der Waals surface area contributed by atoms with Crippen LogP contribution in [0.15, 0.2) is 53.4 Å². The second kappa shape index (κ2) is 9.48. The average Bonchev–Trinajstić information content (AvgIpc) is 2.56. The largest absolute Gasteiger partial charge is 0.494 e. The molecular formula is C18H20ClNO2S. The molecule has 3 nitrogen and oxygen atoms in total. The van der Waals surface area contributed by atoms with Gasteiger partial charge in [0.1, 0.15) is 5.75 Å². The molecule has 0 saturated heterocycles. The number of rotatable bonds is 8. The van der Waals surface area contributed by atoms with Gasteiger partial charge in [0.25, 0.3) is 0 Å². The SMILES string of the molecule is CCOc1ccc(SCC(=O)NCCc2ccc(Cl)cc2)cc1. The van der Waals surface area contributed by atoms with Gasteiger partial charge in [-0.2, -0.15) is 0 Å².